The SMILES string of the molecule is CN(c1ccccn1)S(=O)(=O)Nc1ncnc(OCCOc2ncc(Br)cn2)c1-c1ccc(Br)cc1. The van der Waals surface area contributed by atoms with E-state index in [9.17, 15) is 8.42 Å². The number of nitrogens with zero attached hydrogens (tertiary/aromatic N) is 6. The lowest BCUT2D eigenvalue weighted by molar-refractivity contribution is 0.202. The average Bonchev–Trinajstić information content (AvgIpc) is 2.88. The first-order valence-electron chi connectivity index (χ1n) is 10.4. The summed E-state index contributed by atoms with van der Waals surface area (Å²) in [5.41, 5.74) is 1.01. The maximum absolute atomic E-state index is 13.1. The van der Waals surface area contributed by atoms with Crippen LogP contribution in [0.4, 0.5) is 11.6 Å². The molecule has 14 heteroatoms. The smallest absolute Gasteiger partial charge is 0.326 e. The fraction of sp³-hybridized carbons (Fsp3) is 0.136. The van der Waals surface area contributed by atoms with Crippen molar-refractivity contribution in [3.63, 3.8) is 0 Å². The van der Waals surface area contributed by atoms with Crippen molar-refractivity contribution in [1.82, 2.24) is 24.9 Å². The molecule has 0 spiro atoms. The number of hydrogen-bond acceptors (Lipinski definition) is 9. The molecule has 4 rings (SSSR count). The van der Waals surface area contributed by atoms with Crippen molar-refractivity contribution in [3.05, 3.63) is 76.3 Å². The Labute approximate surface area is 224 Å². The number of hydrogen-bond donors (Lipinski definition) is 1. The van der Waals surface area contributed by atoms with E-state index in [0.29, 0.717) is 11.1 Å². The maximum atomic E-state index is 13.1. The van der Waals surface area contributed by atoms with Gasteiger partial charge in [0, 0.05) is 30.1 Å². The lowest BCUT2D eigenvalue weighted by Gasteiger charge is -2.20. The summed E-state index contributed by atoms with van der Waals surface area (Å²) in [6, 6.07) is 12.4. The standard InChI is InChI=1S/C22H19Br2N7O4S/c1-31(18-4-2-3-9-25-18)36(32,33)30-20-19(15-5-7-16(23)8-6-15)21(29-14-28-20)34-10-11-35-22-26-12-17(24)13-27-22/h2-9,12-14H,10-11H2,1H3,(H,28,29,30). The molecular formula is C22H19Br2N7O4S. The second kappa shape index (κ2) is 11.6. The third kappa shape index (κ3) is 6.44. The molecule has 1 aromatic carbocycles. The minimum absolute atomic E-state index is 0.0438. The molecule has 4 aromatic rings. The Kier molecular flexibility index (Phi) is 8.28. The van der Waals surface area contributed by atoms with Crippen LogP contribution in [0.25, 0.3) is 11.1 Å². The largest absolute Gasteiger partial charge is 0.473 e. The molecule has 36 heavy (non-hydrogen) atoms. The van der Waals surface area contributed by atoms with E-state index >= 15 is 0 Å². The fourth-order valence-electron chi connectivity index (χ4n) is 2.93. The molecule has 0 aliphatic rings. The van der Waals surface area contributed by atoms with Gasteiger partial charge in [0.1, 0.15) is 25.4 Å². The summed E-state index contributed by atoms with van der Waals surface area (Å²) in [5, 5.41) is 0. The van der Waals surface area contributed by atoms with Gasteiger partial charge in [0.2, 0.25) is 5.88 Å². The third-order valence-electron chi connectivity index (χ3n) is 4.65. The molecule has 0 amide bonds. The molecule has 0 unspecified atom stereocenters. The van der Waals surface area contributed by atoms with Crippen molar-refractivity contribution in [1.29, 1.82) is 0 Å². The molecule has 0 aliphatic heterocycles. The van der Waals surface area contributed by atoms with Gasteiger partial charge < -0.3 is 9.47 Å². The van der Waals surface area contributed by atoms with Crippen LogP contribution in [0.1, 0.15) is 0 Å². The first-order chi connectivity index (χ1) is 17.3. The lowest BCUT2D eigenvalue weighted by atomic mass is 10.1. The van der Waals surface area contributed by atoms with E-state index in [0.717, 1.165) is 13.3 Å². The van der Waals surface area contributed by atoms with Gasteiger partial charge in [-0.3, -0.25) is 0 Å². The molecule has 0 fully saturated rings. The van der Waals surface area contributed by atoms with Crippen molar-refractivity contribution >= 4 is 53.7 Å². The van der Waals surface area contributed by atoms with Crippen LogP contribution < -0.4 is 18.5 Å². The molecular weight excluding hydrogens is 618 g/mol. The number of halogens is 2. The summed E-state index contributed by atoms with van der Waals surface area (Å²) in [5.74, 6) is 0.459. The van der Waals surface area contributed by atoms with E-state index in [2.05, 4.69) is 61.5 Å². The number of aromatic nitrogens is 5. The second-order valence-electron chi connectivity index (χ2n) is 7.05. The van der Waals surface area contributed by atoms with Crippen molar-refractivity contribution in [3.8, 4) is 23.0 Å². The summed E-state index contributed by atoms with van der Waals surface area (Å²) in [4.78, 5) is 20.6. The molecule has 0 bridgehead atoms. The van der Waals surface area contributed by atoms with Gasteiger partial charge in [0.15, 0.2) is 5.82 Å². The fourth-order valence-corrected chi connectivity index (χ4v) is 4.29. The highest BCUT2D eigenvalue weighted by atomic mass is 79.9. The van der Waals surface area contributed by atoms with Crippen molar-refractivity contribution in [2.75, 3.05) is 29.3 Å². The molecule has 0 saturated carbocycles. The average molecular weight is 637 g/mol. The van der Waals surface area contributed by atoms with E-state index < -0.39 is 10.2 Å². The van der Waals surface area contributed by atoms with Gasteiger partial charge in [-0.1, -0.05) is 34.1 Å². The van der Waals surface area contributed by atoms with E-state index in [4.69, 9.17) is 9.47 Å². The van der Waals surface area contributed by atoms with Crippen molar-refractivity contribution < 1.29 is 17.9 Å². The van der Waals surface area contributed by atoms with Gasteiger partial charge in [-0.05, 0) is 45.8 Å². The topological polar surface area (TPSA) is 132 Å². The zero-order valence-corrected chi connectivity index (χ0v) is 22.7. The van der Waals surface area contributed by atoms with E-state index in [1.165, 1.54) is 19.6 Å². The van der Waals surface area contributed by atoms with Crippen LogP contribution in [0.3, 0.4) is 0 Å². The first kappa shape index (κ1) is 25.7. The highest BCUT2D eigenvalue weighted by Gasteiger charge is 2.24. The minimum Gasteiger partial charge on any atom is -0.473 e. The predicted molar refractivity (Wildman–Crippen MR) is 141 cm³/mol. The van der Waals surface area contributed by atoms with Crippen LogP contribution >= 0.6 is 31.9 Å². The predicted octanol–water partition coefficient (Wildman–Crippen LogP) is 4.10. The van der Waals surface area contributed by atoms with Crippen molar-refractivity contribution in [2.24, 2.45) is 0 Å². The van der Waals surface area contributed by atoms with Crippen LogP contribution in [0, 0.1) is 0 Å². The first-order valence-corrected chi connectivity index (χ1v) is 13.4. The number of rotatable bonds is 10. The normalized spacial score (nSPS) is 11.1. The summed E-state index contributed by atoms with van der Waals surface area (Å²) in [6.45, 7) is 0.231. The summed E-state index contributed by atoms with van der Waals surface area (Å²) in [6.07, 6.45) is 5.86. The zero-order valence-electron chi connectivity index (χ0n) is 18.7. The summed E-state index contributed by atoms with van der Waals surface area (Å²) < 4.78 is 42.7. The molecule has 0 radical (unpaired) electrons. The number of ether oxygens (including phenoxy) is 2. The molecule has 0 aliphatic carbocycles. The highest BCUT2D eigenvalue weighted by molar-refractivity contribution is 9.10. The molecule has 3 aromatic heterocycles. The Morgan fingerprint density at radius 3 is 2.31 bits per heavy atom. The van der Waals surface area contributed by atoms with Crippen LogP contribution in [-0.4, -0.2) is 53.6 Å². The van der Waals surface area contributed by atoms with Gasteiger partial charge in [-0.15, -0.1) is 0 Å². The molecule has 0 saturated heterocycles. The molecule has 186 valence electrons. The molecule has 3 heterocycles. The number of benzene rings is 1. The van der Waals surface area contributed by atoms with Gasteiger partial charge in [0.25, 0.3) is 0 Å². The maximum Gasteiger partial charge on any atom is 0.326 e. The molecule has 0 atom stereocenters. The summed E-state index contributed by atoms with van der Waals surface area (Å²) >= 11 is 6.67. The Bertz CT molecular complexity index is 1410. The summed E-state index contributed by atoms with van der Waals surface area (Å²) in [7, 11) is -2.67. The van der Waals surface area contributed by atoms with Crippen LogP contribution in [0.5, 0.6) is 11.9 Å². The van der Waals surface area contributed by atoms with Crippen LogP contribution in [0.15, 0.2) is 76.3 Å². The quantitative estimate of drug-likeness (QED) is 0.255. The van der Waals surface area contributed by atoms with Crippen LogP contribution in [0.2, 0.25) is 0 Å². The minimum atomic E-state index is -4.07. The van der Waals surface area contributed by atoms with Crippen molar-refractivity contribution in [2.45, 2.75) is 0 Å². The number of anilines is 2. The molecule has 11 nitrogen and oxygen atoms in total. The van der Waals surface area contributed by atoms with E-state index in [-0.39, 0.29) is 36.7 Å². The Morgan fingerprint density at radius 1 is 0.889 bits per heavy atom. The van der Waals surface area contributed by atoms with Crippen LogP contribution in [-0.2, 0) is 10.2 Å². The number of pyridine rings is 1. The van der Waals surface area contributed by atoms with Gasteiger partial charge in [-0.2, -0.15) is 8.42 Å². The Balaban J connectivity index is 1.59. The van der Waals surface area contributed by atoms with E-state index in [1.807, 2.05) is 12.1 Å². The monoisotopic (exact) mass is 635 g/mol. The lowest BCUT2D eigenvalue weighted by Crippen LogP contribution is -2.33. The Hall–Kier alpha value is -3.36. The molecule has 1 N–H and O–H groups in total. The Morgan fingerprint density at radius 2 is 1.61 bits per heavy atom. The van der Waals surface area contributed by atoms with E-state index in [1.54, 1.807) is 42.7 Å². The highest BCUT2D eigenvalue weighted by Crippen LogP contribution is 2.35. The van der Waals surface area contributed by atoms with Gasteiger partial charge in [-0.25, -0.2) is 33.9 Å². The third-order valence-corrected chi connectivity index (χ3v) is 6.95. The van der Waals surface area contributed by atoms with Gasteiger partial charge in [0.05, 0.1) is 10.0 Å². The second-order valence-corrected chi connectivity index (χ2v) is 10.6. The van der Waals surface area contributed by atoms with Gasteiger partial charge >= 0.3 is 16.2 Å². The zero-order chi connectivity index (χ0) is 25.5. The number of nitrogens with one attached hydrogen (secondary N) is 1.